The van der Waals surface area contributed by atoms with Crippen LogP contribution >= 0.6 is 0 Å². The topological polar surface area (TPSA) is 23.5 Å². The van der Waals surface area contributed by atoms with Crippen LogP contribution in [0.4, 0.5) is 10.1 Å². The average Bonchev–Trinajstić information content (AvgIpc) is 2.39. The lowest BCUT2D eigenvalue weighted by Gasteiger charge is -2.24. The van der Waals surface area contributed by atoms with Crippen LogP contribution < -0.4 is 4.90 Å². The van der Waals surface area contributed by atoms with Gasteiger partial charge in [-0.1, -0.05) is 23.8 Å². The summed E-state index contributed by atoms with van der Waals surface area (Å²) in [5.41, 5.74) is 2.78. The Hall–Kier alpha value is -2.03. The monoisotopic (exact) mass is 259 g/mol. The first-order valence-corrected chi connectivity index (χ1v) is 6.39. The highest BCUT2D eigenvalue weighted by molar-refractivity contribution is 5.48. The number of anilines is 1. The van der Waals surface area contributed by atoms with Crippen molar-refractivity contribution < 1.29 is 9.50 Å². The van der Waals surface area contributed by atoms with E-state index in [1.807, 2.05) is 36.9 Å². The van der Waals surface area contributed by atoms with Gasteiger partial charge in [-0.15, -0.1) is 0 Å². The van der Waals surface area contributed by atoms with Crippen LogP contribution in [0.1, 0.15) is 18.1 Å². The summed E-state index contributed by atoms with van der Waals surface area (Å²) in [5.74, 6) is 0.0323. The van der Waals surface area contributed by atoms with Gasteiger partial charge in [0.25, 0.3) is 0 Å². The minimum atomic E-state index is -0.246. The van der Waals surface area contributed by atoms with E-state index in [1.165, 1.54) is 12.1 Å². The molecular weight excluding hydrogens is 241 g/mol. The third-order valence-corrected chi connectivity index (χ3v) is 3.15. The number of aromatic hydroxyl groups is 1. The highest BCUT2D eigenvalue weighted by Crippen LogP contribution is 2.23. The Morgan fingerprint density at radius 1 is 1.16 bits per heavy atom. The second-order valence-electron chi connectivity index (χ2n) is 4.63. The molecule has 2 nitrogen and oxygen atoms in total. The summed E-state index contributed by atoms with van der Waals surface area (Å²) in [4.78, 5) is 2.03. The van der Waals surface area contributed by atoms with Crippen LogP contribution in [0, 0.1) is 12.7 Å². The van der Waals surface area contributed by atoms with E-state index in [-0.39, 0.29) is 11.6 Å². The van der Waals surface area contributed by atoms with E-state index in [1.54, 1.807) is 12.1 Å². The molecule has 0 unspecified atom stereocenters. The Balaban J connectivity index is 2.26. The smallest absolute Gasteiger partial charge is 0.125 e. The second kappa shape index (κ2) is 5.74. The van der Waals surface area contributed by atoms with Crippen molar-refractivity contribution in [2.75, 3.05) is 11.4 Å². The number of halogens is 1. The SMILES string of the molecule is CCN(Cc1cc(C)ccc1O)c1cccc(F)c1. The fraction of sp³-hybridized carbons (Fsp3) is 0.250. The standard InChI is InChI=1S/C16H18FNO/c1-3-18(15-6-4-5-14(17)10-15)11-13-9-12(2)7-8-16(13)19/h4-10,19H,3,11H2,1-2H3. The number of hydrogen-bond donors (Lipinski definition) is 1. The lowest BCUT2D eigenvalue weighted by Crippen LogP contribution is -2.22. The molecule has 0 aliphatic rings. The minimum absolute atomic E-state index is 0.246. The van der Waals surface area contributed by atoms with Gasteiger partial charge in [-0.05, 0) is 38.1 Å². The fourth-order valence-electron chi connectivity index (χ4n) is 2.11. The third kappa shape index (κ3) is 3.25. The molecular formula is C16H18FNO. The number of benzene rings is 2. The molecule has 0 atom stereocenters. The van der Waals surface area contributed by atoms with Gasteiger partial charge >= 0.3 is 0 Å². The van der Waals surface area contributed by atoms with E-state index in [0.29, 0.717) is 6.54 Å². The summed E-state index contributed by atoms with van der Waals surface area (Å²) in [6.07, 6.45) is 0. The van der Waals surface area contributed by atoms with Crippen molar-refractivity contribution in [1.82, 2.24) is 0 Å². The molecule has 0 bridgehead atoms. The number of rotatable bonds is 4. The van der Waals surface area contributed by atoms with Gasteiger partial charge in [0.1, 0.15) is 11.6 Å². The zero-order valence-electron chi connectivity index (χ0n) is 11.2. The molecule has 1 N–H and O–H groups in total. The van der Waals surface area contributed by atoms with Gasteiger partial charge in [0.05, 0.1) is 0 Å². The van der Waals surface area contributed by atoms with Crippen LogP contribution in [0.25, 0.3) is 0 Å². The van der Waals surface area contributed by atoms with Crippen LogP contribution in [0.5, 0.6) is 5.75 Å². The Morgan fingerprint density at radius 2 is 1.95 bits per heavy atom. The predicted octanol–water partition coefficient (Wildman–Crippen LogP) is 3.87. The Bertz CT molecular complexity index is 568. The normalized spacial score (nSPS) is 10.5. The van der Waals surface area contributed by atoms with Crippen molar-refractivity contribution in [3.05, 3.63) is 59.4 Å². The molecule has 0 amide bonds. The van der Waals surface area contributed by atoms with Gasteiger partial charge in [0.2, 0.25) is 0 Å². The second-order valence-corrected chi connectivity index (χ2v) is 4.63. The van der Waals surface area contributed by atoms with Crippen LogP contribution in [-0.4, -0.2) is 11.7 Å². The summed E-state index contributed by atoms with van der Waals surface area (Å²) in [6.45, 7) is 5.31. The molecule has 0 aliphatic carbocycles. The first kappa shape index (κ1) is 13.4. The Labute approximate surface area is 113 Å². The van der Waals surface area contributed by atoms with Gasteiger partial charge in [0, 0.05) is 24.3 Å². The van der Waals surface area contributed by atoms with E-state index < -0.39 is 0 Å². The number of phenols is 1. The van der Waals surface area contributed by atoms with E-state index in [2.05, 4.69) is 0 Å². The van der Waals surface area contributed by atoms with Crippen LogP contribution in [-0.2, 0) is 6.54 Å². The summed E-state index contributed by atoms with van der Waals surface area (Å²) in [5, 5.41) is 9.88. The van der Waals surface area contributed by atoms with Crippen molar-refractivity contribution in [3.8, 4) is 5.75 Å². The lowest BCUT2D eigenvalue weighted by atomic mass is 10.1. The molecule has 0 aliphatic heterocycles. The van der Waals surface area contributed by atoms with E-state index in [4.69, 9.17) is 0 Å². The average molecular weight is 259 g/mol. The maximum Gasteiger partial charge on any atom is 0.125 e. The molecule has 0 radical (unpaired) electrons. The first-order valence-electron chi connectivity index (χ1n) is 6.39. The molecule has 2 aromatic carbocycles. The largest absolute Gasteiger partial charge is 0.508 e. The zero-order valence-corrected chi connectivity index (χ0v) is 11.2. The molecule has 0 aromatic heterocycles. The maximum absolute atomic E-state index is 13.3. The summed E-state index contributed by atoms with van der Waals surface area (Å²) < 4.78 is 13.3. The van der Waals surface area contributed by atoms with Crippen molar-refractivity contribution in [3.63, 3.8) is 0 Å². The van der Waals surface area contributed by atoms with E-state index in [0.717, 1.165) is 23.4 Å². The number of aryl methyl sites for hydroxylation is 1. The molecule has 3 heteroatoms. The van der Waals surface area contributed by atoms with Gasteiger partial charge in [-0.25, -0.2) is 4.39 Å². The number of nitrogens with zero attached hydrogens (tertiary/aromatic N) is 1. The first-order chi connectivity index (χ1) is 9.10. The fourth-order valence-corrected chi connectivity index (χ4v) is 2.11. The minimum Gasteiger partial charge on any atom is -0.508 e. The zero-order chi connectivity index (χ0) is 13.8. The van der Waals surface area contributed by atoms with Crippen molar-refractivity contribution in [1.29, 1.82) is 0 Å². The number of hydrogen-bond acceptors (Lipinski definition) is 2. The Kier molecular flexibility index (Phi) is 4.05. The van der Waals surface area contributed by atoms with Gasteiger partial charge in [-0.3, -0.25) is 0 Å². The molecule has 2 aromatic rings. The molecule has 0 heterocycles. The van der Waals surface area contributed by atoms with Crippen molar-refractivity contribution in [2.45, 2.75) is 20.4 Å². The highest BCUT2D eigenvalue weighted by atomic mass is 19.1. The third-order valence-electron chi connectivity index (χ3n) is 3.15. The van der Waals surface area contributed by atoms with Gasteiger partial charge in [0.15, 0.2) is 0 Å². The maximum atomic E-state index is 13.3. The molecule has 0 spiro atoms. The summed E-state index contributed by atoms with van der Waals surface area (Å²) in [6, 6.07) is 12.0. The highest BCUT2D eigenvalue weighted by Gasteiger charge is 2.09. The predicted molar refractivity (Wildman–Crippen MR) is 76.0 cm³/mol. The van der Waals surface area contributed by atoms with Crippen LogP contribution in [0.2, 0.25) is 0 Å². The van der Waals surface area contributed by atoms with E-state index in [9.17, 15) is 9.50 Å². The van der Waals surface area contributed by atoms with E-state index >= 15 is 0 Å². The molecule has 0 saturated heterocycles. The molecule has 0 fully saturated rings. The van der Waals surface area contributed by atoms with Gasteiger partial charge < -0.3 is 10.0 Å². The van der Waals surface area contributed by atoms with Crippen LogP contribution in [0.3, 0.4) is 0 Å². The number of phenolic OH excluding ortho intramolecular Hbond substituents is 1. The van der Waals surface area contributed by atoms with Crippen molar-refractivity contribution in [2.24, 2.45) is 0 Å². The summed E-state index contributed by atoms with van der Waals surface area (Å²) in [7, 11) is 0. The Morgan fingerprint density at radius 3 is 2.63 bits per heavy atom. The quantitative estimate of drug-likeness (QED) is 0.901. The molecule has 2 rings (SSSR count). The van der Waals surface area contributed by atoms with Gasteiger partial charge in [-0.2, -0.15) is 0 Å². The summed E-state index contributed by atoms with van der Waals surface area (Å²) >= 11 is 0. The lowest BCUT2D eigenvalue weighted by molar-refractivity contribution is 0.467. The van der Waals surface area contributed by atoms with Crippen molar-refractivity contribution >= 4 is 5.69 Å². The van der Waals surface area contributed by atoms with Crippen LogP contribution in [0.15, 0.2) is 42.5 Å². The molecule has 19 heavy (non-hydrogen) atoms. The molecule has 0 saturated carbocycles. The molecule has 100 valence electrons.